The number of hydrogen-bond acceptors (Lipinski definition) is 7. The van der Waals surface area contributed by atoms with Gasteiger partial charge in [-0.05, 0) is 50.4 Å². The van der Waals surface area contributed by atoms with Crippen LogP contribution < -0.4 is 4.74 Å². The van der Waals surface area contributed by atoms with E-state index in [0.29, 0.717) is 10.8 Å². The summed E-state index contributed by atoms with van der Waals surface area (Å²) >= 11 is 7.52. The lowest BCUT2D eigenvalue weighted by Crippen LogP contribution is -2.45. The van der Waals surface area contributed by atoms with Gasteiger partial charge >= 0.3 is 0 Å². The fourth-order valence-electron chi connectivity index (χ4n) is 2.60. The molecule has 0 saturated heterocycles. The molecule has 0 saturated carbocycles. The molecule has 0 amide bonds. The quantitative estimate of drug-likeness (QED) is 0.561. The number of hydrogen-bond donors (Lipinski definition) is 0. The first-order chi connectivity index (χ1) is 13.1. The molecule has 0 N–H and O–H groups in total. The molecule has 3 rings (SSSR count). The van der Waals surface area contributed by atoms with Crippen LogP contribution in [0.2, 0.25) is 5.02 Å². The Balaban J connectivity index is 2.00. The molecule has 3 aromatic rings. The number of thiophene rings is 1. The Labute approximate surface area is 172 Å². The maximum Gasteiger partial charge on any atom is 0.247 e. The van der Waals surface area contributed by atoms with E-state index in [9.17, 15) is 8.42 Å². The first-order valence-electron chi connectivity index (χ1n) is 8.36. The molecule has 0 radical (unpaired) electrons. The number of rotatable bonds is 6. The van der Waals surface area contributed by atoms with Crippen molar-refractivity contribution in [3.8, 4) is 16.5 Å². The van der Waals surface area contributed by atoms with Gasteiger partial charge in [0.2, 0.25) is 21.7 Å². The predicted molar refractivity (Wildman–Crippen MR) is 108 cm³/mol. The fourth-order valence-corrected chi connectivity index (χ4v) is 5.41. The largest absolute Gasteiger partial charge is 0.495 e. The molecule has 1 aromatic carbocycles. The van der Waals surface area contributed by atoms with Gasteiger partial charge in [0.1, 0.15) is 10.6 Å². The zero-order valence-electron chi connectivity index (χ0n) is 15.8. The summed E-state index contributed by atoms with van der Waals surface area (Å²) in [5.74, 6) is 0.836. The van der Waals surface area contributed by atoms with Crippen LogP contribution in [0, 0.1) is 0 Å². The van der Waals surface area contributed by atoms with Crippen molar-refractivity contribution in [3.63, 3.8) is 0 Å². The average Bonchev–Trinajstić information content (AvgIpc) is 3.30. The number of ether oxygens (including phenoxy) is 1. The van der Waals surface area contributed by atoms with E-state index in [1.807, 2.05) is 17.5 Å². The first kappa shape index (κ1) is 20.8. The number of nitrogens with zero attached hydrogens (tertiary/aromatic N) is 3. The van der Waals surface area contributed by atoms with Crippen LogP contribution in [0.25, 0.3) is 10.7 Å². The molecular weight excluding hydrogens is 422 g/mol. The minimum absolute atomic E-state index is 0.0181. The fraction of sp³-hybridized carbons (Fsp3) is 0.333. The Bertz CT molecular complexity index is 1060. The highest BCUT2D eigenvalue weighted by Gasteiger charge is 2.37. The van der Waals surface area contributed by atoms with Crippen LogP contribution >= 0.6 is 22.9 Å². The highest BCUT2D eigenvalue weighted by atomic mass is 35.5. The van der Waals surface area contributed by atoms with E-state index in [1.54, 1.807) is 26.8 Å². The lowest BCUT2D eigenvalue weighted by molar-refractivity contribution is 0.214. The van der Waals surface area contributed by atoms with Gasteiger partial charge < -0.3 is 9.26 Å². The van der Waals surface area contributed by atoms with Gasteiger partial charge in [-0.25, -0.2) is 8.42 Å². The minimum atomic E-state index is -3.97. The second-order valence-electron chi connectivity index (χ2n) is 6.97. The standard InChI is InChI=1S/C18H20ClN3O4S2/c1-18(2,3)22(11-16-20-17(21-26-16)14-6-5-9-27-14)28(23,24)15-10-12(19)7-8-13(15)25-4/h5-10H,11H2,1-4H3. The van der Waals surface area contributed by atoms with Gasteiger partial charge in [-0.3, -0.25) is 0 Å². The van der Waals surface area contributed by atoms with Gasteiger partial charge in [-0.2, -0.15) is 9.29 Å². The van der Waals surface area contributed by atoms with Gasteiger partial charge in [0, 0.05) is 10.6 Å². The third-order valence-corrected chi connectivity index (χ3v) is 7.16. The number of aromatic nitrogens is 2. The molecule has 0 atom stereocenters. The average molecular weight is 442 g/mol. The van der Waals surface area contributed by atoms with Crippen molar-refractivity contribution in [3.05, 3.63) is 46.6 Å². The molecule has 0 aliphatic heterocycles. The normalized spacial score (nSPS) is 12.5. The topological polar surface area (TPSA) is 85.5 Å². The van der Waals surface area contributed by atoms with Gasteiger partial charge in [0.25, 0.3) is 0 Å². The summed E-state index contributed by atoms with van der Waals surface area (Å²) in [7, 11) is -2.56. The van der Waals surface area contributed by atoms with Crippen LogP contribution in [0.1, 0.15) is 26.7 Å². The summed E-state index contributed by atoms with van der Waals surface area (Å²) in [4.78, 5) is 5.17. The molecule has 0 fully saturated rings. The van der Waals surface area contributed by atoms with Crippen molar-refractivity contribution in [2.45, 2.75) is 37.8 Å². The summed E-state index contributed by atoms with van der Waals surface area (Å²) in [6, 6.07) is 8.23. The summed E-state index contributed by atoms with van der Waals surface area (Å²) in [5.41, 5.74) is -0.760. The van der Waals surface area contributed by atoms with Crippen LogP contribution in [-0.4, -0.2) is 35.5 Å². The van der Waals surface area contributed by atoms with E-state index in [2.05, 4.69) is 10.1 Å². The van der Waals surface area contributed by atoms with Crippen molar-refractivity contribution in [2.75, 3.05) is 7.11 Å². The number of halogens is 1. The molecule has 0 bridgehead atoms. The Morgan fingerprint density at radius 2 is 2.04 bits per heavy atom. The smallest absolute Gasteiger partial charge is 0.247 e. The molecule has 7 nitrogen and oxygen atoms in total. The van der Waals surface area contributed by atoms with E-state index in [1.165, 1.54) is 34.9 Å². The number of methoxy groups -OCH3 is 1. The van der Waals surface area contributed by atoms with Crippen molar-refractivity contribution >= 4 is 33.0 Å². The maximum atomic E-state index is 13.5. The van der Waals surface area contributed by atoms with Crippen LogP contribution in [0.3, 0.4) is 0 Å². The summed E-state index contributed by atoms with van der Waals surface area (Å²) in [5, 5.41) is 6.16. The zero-order chi connectivity index (χ0) is 20.5. The van der Waals surface area contributed by atoms with Crippen LogP contribution in [-0.2, 0) is 16.6 Å². The van der Waals surface area contributed by atoms with E-state index < -0.39 is 15.6 Å². The van der Waals surface area contributed by atoms with Gasteiger partial charge in [-0.15, -0.1) is 11.3 Å². The van der Waals surface area contributed by atoms with Crippen molar-refractivity contribution in [1.29, 1.82) is 0 Å². The molecule has 150 valence electrons. The van der Waals surface area contributed by atoms with Crippen molar-refractivity contribution in [2.24, 2.45) is 0 Å². The minimum Gasteiger partial charge on any atom is -0.495 e. The first-order valence-corrected chi connectivity index (χ1v) is 11.1. The van der Waals surface area contributed by atoms with Gasteiger partial charge in [0.05, 0.1) is 18.5 Å². The van der Waals surface area contributed by atoms with Gasteiger partial charge in [0.15, 0.2) is 0 Å². The Kier molecular flexibility index (Phi) is 5.81. The van der Waals surface area contributed by atoms with Crippen LogP contribution in [0.5, 0.6) is 5.75 Å². The van der Waals surface area contributed by atoms with E-state index in [0.717, 1.165) is 4.88 Å². The highest BCUT2D eigenvalue weighted by Crippen LogP contribution is 2.34. The second-order valence-corrected chi connectivity index (χ2v) is 10.2. The monoisotopic (exact) mass is 441 g/mol. The number of sulfonamides is 1. The van der Waals surface area contributed by atoms with E-state index >= 15 is 0 Å². The highest BCUT2D eigenvalue weighted by molar-refractivity contribution is 7.89. The molecule has 0 unspecified atom stereocenters. The third-order valence-electron chi connectivity index (χ3n) is 3.93. The molecule has 10 heteroatoms. The van der Waals surface area contributed by atoms with Crippen molar-refractivity contribution < 1.29 is 17.7 Å². The molecule has 28 heavy (non-hydrogen) atoms. The SMILES string of the molecule is COc1ccc(Cl)cc1S(=O)(=O)N(Cc1nc(-c2cccs2)no1)C(C)(C)C. The molecule has 0 aliphatic rings. The Morgan fingerprint density at radius 3 is 2.64 bits per heavy atom. The molecular formula is C18H20ClN3O4S2. The lowest BCUT2D eigenvalue weighted by atomic mass is 10.1. The van der Waals surface area contributed by atoms with E-state index in [-0.39, 0.29) is 23.1 Å². The molecule has 0 aliphatic carbocycles. The Morgan fingerprint density at radius 1 is 1.29 bits per heavy atom. The maximum absolute atomic E-state index is 13.5. The third kappa shape index (κ3) is 4.22. The van der Waals surface area contributed by atoms with Crippen LogP contribution in [0.4, 0.5) is 0 Å². The second kappa shape index (κ2) is 7.82. The Hall–Kier alpha value is -1.94. The predicted octanol–water partition coefficient (Wildman–Crippen LogP) is 4.45. The van der Waals surface area contributed by atoms with Crippen molar-refractivity contribution in [1.82, 2.24) is 14.4 Å². The van der Waals surface area contributed by atoms with E-state index in [4.69, 9.17) is 20.9 Å². The number of benzene rings is 1. The van der Waals surface area contributed by atoms with Gasteiger partial charge in [-0.1, -0.05) is 22.8 Å². The summed E-state index contributed by atoms with van der Waals surface area (Å²) in [6.45, 7) is 5.29. The molecule has 2 heterocycles. The lowest BCUT2D eigenvalue weighted by Gasteiger charge is -2.33. The molecule has 2 aromatic heterocycles. The summed E-state index contributed by atoms with van der Waals surface area (Å²) in [6.07, 6.45) is 0. The van der Waals surface area contributed by atoms with Crippen LogP contribution in [0.15, 0.2) is 45.1 Å². The molecule has 0 spiro atoms. The zero-order valence-corrected chi connectivity index (χ0v) is 18.2. The summed E-state index contributed by atoms with van der Waals surface area (Å²) < 4.78 is 38.7.